The average molecular weight is 444 g/mol. The Morgan fingerprint density at radius 1 is 1.06 bits per heavy atom. The Balaban J connectivity index is 1.27. The van der Waals surface area contributed by atoms with Crippen molar-refractivity contribution in [3.63, 3.8) is 0 Å². The predicted octanol–water partition coefficient (Wildman–Crippen LogP) is 3.40. The normalized spacial score (nSPS) is 19.0. The zero-order valence-electron chi connectivity index (χ0n) is 18.0. The molecule has 0 radical (unpaired) electrons. The Hall–Kier alpha value is -2.51. The van der Waals surface area contributed by atoms with Crippen molar-refractivity contribution in [2.24, 2.45) is 5.16 Å². The van der Waals surface area contributed by atoms with E-state index in [0.717, 1.165) is 62.7 Å². The van der Waals surface area contributed by atoms with Gasteiger partial charge in [-0.3, -0.25) is 9.69 Å². The summed E-state index contributed by atoms with van der Waals surface area (Å²) in [6.07, 6.45) is 4.58. The standard InChI is InChI=1S/C23H30ClN5O2/c1-26-11-8-21(25-31)20-7-12-29(22(20)23(26)30)10-3-2-9-27-13-15-28(16-14-27)19-6-4-5-18(24)17-19/h4-7,12,17,31H,2-3,8-11,13-16H2,1H3/b25-21+. The number of unbranched alkanes of at least 4 members (excludes halogenated alkanes) is 1. The van der Waals surface area contributed by atoms with Gasteiger partial charge in [0.1, 0.15) is 5.69 Å². The number of anilines is 1. The van der Waals surface area contributed by atoms with Crippen molar-refractivity contribution in [1.29, 1.82) is 0 Å². The van der Waals surface area contributed by atoms with Crippen LogP contribution >= 0.6 is 11.6 Å². The predicted molar refractivity (Wildman–Crippen MR) is 124 cm³/mol. The van der Waals surface area contributed by atoms with Crippen LogP contribution in [-0.2, 0) is 6.54 Å². The summed E-state index contributed by atoms with van der Waals surface area (Å²) in [5.74, 6) is -0.00390. The third-order valence-electron chi connectivity index (χ3n) is 6.30. The third-order valence-corrected chi connectivity index (χ3v) is 6.53. The Morgan fingerprint density at radius 3 is 2.58 bits per heavy atom. The molecule has 0 atom stereocenters. The van der Waals surface area contributed by atoms with Gasteiger partial charge in [0.2, 0.25) is 0 Å². The van der Waals surface area contributed by atoms with E-state index < -0.39 is 0 Å². The van der Waals surface area contributed by atoms with E-state index >= 15 is 0 Å². The number of carbonyl (C=O) groups excluding carboxylic acids is 1. The highest BCUT2D eigenvalue weighted by Crippen LogP contribution is 2.22. The van der Waals surface area contributed by atoms with Gasteiger partial charge in [-0.1, -0.05) is 22.8 Å². The summed E-state index contributed by atoms with van der Waals surface area (Å²) in [5, 5.41) is 13.6. The number of aromatic nitrogens is 1. The average Bonchev–Trinajstić information content (AvgIpc) is 3.15. The fourth-order valence-electron chi connectivity index (χ4n) is 4.44. The molecule has 1 amide bonds. The zero-order valence-corrected chi connectivity index (χ0v) is 18.8. The number of rotatable bonds is 6. The second-order valence-corrected chi connectivity index (χ2v) is 8.75. The van der Waals surface area contributed by atoms with E-state index in [2.05, 4.69) is 21.0 Å². The quantitative estimate of drug-likeness (QED) is 0.422. The van der Waals surface area contributed by atoms with Crippen LogP contribution in [0.5, 0.6) is 0 Å². The molecule has 2 aliphatic heterocycles. The Kier molecular flexibility index (Phi) is 6.83. The van der Waals surface area contributed by atoms with Crippen molar-refractivity contribution >= 4 is 28.9 Å². The van der Waals surface area contributed by atoms with Gasteiger partial charge in [0.05, 0.1) is 5.71 Å². The Labute approximate surface area is 188 Å². The fraction of sp³-hybridized carbons (Fsp3) is 0.478. The number of aryl methyl sites for hydroxylation is 1. The van der Waals surface area contributed by atoms with Gasteiger partial charge in [-0.2, -0.15) is 0 Å². The van der Waals surface area contributed by atoms with Crippen molar-refractivity contribution in [1.82, 2.24) is 14.4 Å². The lowest BCUT2D eigenvalue weighted by molar-refractivity contribution is 0.0791. The van der Waals surface area contributed by atoms with Gasteiger partial charge in [-0.25, -0.2) is 0 Å². The molecule has 0 bridgehead atoms. The minimum atomic E-state index is -0.00390. The molecule has 31 heavy (non-hydrogen) atoms. The van der Waals surface area contributed by atoms with E-state index in [-0.39, 0.29) is 5.91 Å². The summed E-state index contributed by atoms with van der Waals surface area (Å²) < 4.78 is 2.02. The molecule has 166 valence electrons. The maximum absolute atomic E-state index is 12.8. The first-order valence-corrected chi connectivity index (χ1v) is 11.3. The van der Waals surface area contributed by atoms with Crippen LogP contribution in [0.1, 0.15) is 35.3 Å². The number of nitrogens with zero attached hydrogens (tertiary/aromatic N) is 5. The highest BCUT2D eigenvalue weighted by atomic mass is 35.5. The van der Waals surface area contributed by atoms with Crippen LogP contribution in [0.3, 0.4) is 0 Å². The van der Waals surface area contributed by atoms with Gasteiger partial charge in [0.15, 0.2) is 0 Å². The molecule has 0 aliphatic carbocycles. The van der Waals surface area contributed by atoms with Crippen LogP contribution in [-0.4, -0.2) is 77.5 Å². The summed E-state index contributed by atoms with van der Waals surface area (Å²) in [6, 6.07) is 9.96. The molecule has 2 aromatic rings. The van der Waals surface area contributed by atoms with Crippen LogP contribution in [0.15, 0.2) is 41.7 Å². The van der Waals surface area contributed by atoms with E-state index in [4.69, 9.17) is 11.6 Å². The molecule has 7 nitrogen and oxygen atoms in total. The summed E-state index contributed by atoms with van der Waals surface area (Å²) in [4.78, 5) is 19.4. The van der Waals surface area contributed by atoms with Gasteiger partial charge in [0, 0.05) is 75.2 Å². The first kappa shape index (κ1) is 21.7. The molecule has 1 N–H and O–H groups in total. The van der Waals surface area contributed by atoms with Crippen molar-refractivity contribution in [2.45, 2.75) is 25.8 Å². The van der Waals surface area contributed by atoms with Crippen LogP contribution in [0.2, 0.25) is 5.02 Å². The van der Waals surface area contributed by atoms with Gasteiger partial charge in [-0.15, -0.1) is 0 Å². The molecule has 1 fully saturated rings. The molecular formula is C23H30ClN5O2. The Bertz CT molecular complexity index is 949. The van der Waals surface area contributed by atoms with Gasteiger partial charge in [0.25, 0.3) is 5.91 Å². The number of fused-ring (bicyclic) bond motifs is 1. The van der Waals surface area contributed by atoms with E-state index in [1.165, 1.54) is 5.69 Å². The number of carbonyl (C=O) groups is 1. The Morgan fingerprint density at radius 2 is 1.84 bits per heavy atom. The molecule has 1 aromatic carbocycles. The molecular weight excluding hydrogens is 414 g/mol. The summed E-state index contributed by atoms with van der Waals surface area (Å²) >= 11 is 6.12. The second kappa shape index (κ2) is 9.75. The van der Waals surface area contributed by atoms with Crippen molar-refractivity contribution < 1.29 is 10.0 Å². The van der Waals surface area contributed by atoms with Crippen molar-refractivity contribution in [3.8, 4) is 0 Å². The molecule has 4 rings (SSSR count). The highest BCUT2D eigenvalue weighted by Gasteiger charge is 2.27. The minimum Gasteiger partial charge on any atom is -0.411 e. The lowest BCUT2D eigenvalue weighted by atomic mass is 10.1. The summed E-state index contributed by atoms with van der Waals surface area (Å²) in [6.45, 7) is 6.52. The van der Waals surface area contributed by atoms with E-state index in [0.29, 0.717) is 24.4 Å². The molecule has 1 saturated heterocycles. The monoisotopic (exact) mass is 443 g/mol. The summed E-state index contributed by atoms with van der Waals surface area (Å²) in [5.41, 5.74) is 3.18. The molecule has 3 heterocycles. The van der Waals surface area contributed by atoms with Gasteiger partial charge >= 0.3 is 0 Å². The van der Waals surface area contributed by atoms with Crippen LogP contribution in [0.4, 0.5) is 5.69 Å². The van der Waals surface area contributed by atoms with E-state index in [1.54, 1.807) is 11.9 Å². The van der Waals surface area contributed by atoms with Crippen LogP contribution < -0.4 is 4.90 Å². The number of oxime groups is 1. The number of halogens is 1. The highest BCUT2D eigenvalue weighted by molar-refractivity contribution is 6.30. The lowest BCUT2D eigenvalue weighted by Crippen LogP contribution is -2.46. The lowest BCUT2D eigenvalue weighted by Gasteiger charge is -2.36. The second-order valence-electron chi connectivity index (χ2n) is 8.31. The molecule has 0 unspecified atom stereocenters. The van der Waals surface area contributed by atoms with Crippen molar-refractivity contribution in [2.75, 3.05) is 51.2 Å². The van der Waals surface area contributed by atoms with Crippen LogP contribution in [0.25, 0.3) is 0 Å². The summed E-state index contributed by atoms with van der Waals surface area (Å²) in [7, 11) is 1.80. The van der Waals surface area contributed by atoms with Crippen LogP contribution in [0, 0.1) is 0 Å². The number of amides is 1. The number of benzene rings is 1. The molecule has 1 aromatic heterocycles. The minimum absolute atomic E-state index is 0.00390. The molecule has 0 saturated carbocycles. The number of hydrogen-bond acceptors (Lipinski definition) is 5. The molecule has 8 heteroatoms. The maximum Gasteiger partial charge on any atom is 0.270 e. The van der Waals surface area contributed by atoms with Gasteiger partial charge < -0.3 is 19.6 Å². The smallest absolute Gasteiger partial charge is 0.270 e. The van der Waals surface area contributed by atoms with Gasteiger partial charge in [-0.05, 0) is 43.7 Å². The van der Waals surface area contributed by atoms with E-state index in [9.17, 15) is 10.0 Å². The molecule has 2 aliphatic rings. The molecule has 0 spiro atoms. The first-order chi connectivity index (χ1) is 15.1. The zero-order chi connectivity index (χ0) is 21.8. The fourth-order valence-corrected chi connectivity index (χ4v) is 4.63. The number of hydrogen-bond donors (Lipinski definition) is 1. The van der Waals surface area contributed by atoms with Crippen molar-refractivity contribution in [3.05, 3.63) is 52.8 Å². The third kappa shape index (κ3) is 4.88. The number of piperazine rings is 1. The maximum atomic E-state index is 12.8. The SMILES string of the molecule is CN1CC/C(=N\O)c2ccn(CCCCN3CCN(c4cccc(Cl)c4)CC3)c2C1=O. The first-order valence-electron chi connectivity index (χ1n) is 11.0. The van der Waals surface area contributed by atoms with E-state index in [1.807, 2.05) is 35.0 Å². The largest absolute Gasteiger partial charge is 0.411 e. The topological polar surface area (TPSA) is 64.3 Å².